The van der Waals surface area contributed by atoms with Gasteiger partial charge in [0.2, 0.25) is 5.91 Å². The smallest absolute Gasteiger partial charge is 0.230 e. The summed E-state index contributed by atoms with van der Waals surface area (Å²) in [5.74, 6) is 1.51. The van der Waals surface area contributed by atoms with Gasteiger partial charge in [0.1, 0.15) is 0 Å². The second-order valence-electron chi connectivity index (χ2n) is 2.75. The van der Waals surface area contributed by atoms with Crippen LogP contribution in [0.15, 0.2) is 12.2 Å². The summed E-state index contributed by atoms with van der Waals surface area (Å²) >= 11 is 1.59. The first-order valence-corrected chi connectivity index (χ1v) is 5.91. The predicted octanol–water partition coefficient (Wildman–Crippen LogP) is 1.45. The molecule has 1 N–H and O–H groups in total. The quantitative estimate of drug-likeness (QED) is 0.494. The minimum absolute atomic E-state index is 0.107. The Morgan fingerprint density at radius 2 is 2.36 bits per heavy atom. The van der Waals surface area contributed by atoms with E-state index in [2.05, 4.69) is 5.32 Å². The van der Waals surface area contributed by atoms with Gasteiger partial charge >= 0.3 is 0 Å². The van der Waals surface area contributed by atoms with Crippen LogP contribution < -0.4 is 5.32 Å². The van der Waals surface area contributed by atoms with Gasteiger partial charge in [-0.2, -0.15) is 0 Å². The second kappa shape index (κ2) is 10.6. The van der Waals surface area contributed by atoms with Gasteiger partial charge in [-0.3, -0.25) is 4.79 Å². The third kappa shape index (κ3) is 9.61. The highest BCUT2D eigenvalue weighted by atomic mass is 32.2. The lowest BCUT2D eigenvalue weighted by molar-refractivity contribution is -0.118. The lowest BCUT2D eigenvalue weighted by Gasteiger charge is -2.02. The highest BCUT2D eigenvalue weighted by Gasteiger charge is 1.98. The third-order valence-electron chi connectivity index (χ3n) is 1.53. The lowest BCUT2D eigenvalue weighted by Crippen LogP contribution is -2.26. The monoisotopic (exact) mass is 217 g/mol. The molecule has 0 aliphatic heterocycles. The van der Waals surface area contributed by atoms with Gasteiger partial charge in [-0.05, 0) is 13.3 Å². The molecule has 0 aromatic rings. The number of rotatable bonds is 8. The van der Waals surface area contributed by atoms with Crippen molar-refractivity contribution in [2.24, 2.45) is 0 Å². The minimum Gasteiger partial charge on any atom is -0.384 e. The molecule has 0 aliphatic carbocycles. The molecule has 1 amide bonds. The predicted molar refractivity (Wildman–Crippen MR) is 61.6 cm³/mol. The lowest BCUT2D eigenvalue weighted by atomic mass is 10.4. The van der Waals surface area contributed by atoms with E-state index in [1.165, 1.54) is 0 Å². The Hall–Kier alpha value is -0.480. The van der Waals surface area contributed by atoms with E-state index in [4.69, 9.17) is 4.74 Å². The highest BCUT2D eigenvalue weighted by Crippen LogP contribution is 1.98. The normalized spacial score (nSPS) is 10.7. The van der Waals surface area contributed by atoms with Crippen molar-refractivity contribution in [1.29, 1.82) is 0 Å². The number of carbonyl (C=O) groups is 1. The number of amides is 1. The van der Waals surface area contributed by atoms with E-state index < -0.39 is 0 Å². The molecular weight excluding hydrogens is 198 g/mol. The third-order valence-corrected chi connectivity index (χ3v) is 2.46. The fourth-order valence-electron chi connectivity index (χ4n) is 0.820. The molecule has 0 saturated heterocycles. The minimum atomic E-state index is 0.107. The maximum atomic E-state index is 11.2. The Morgan fingerprint density at radius 1 is 1.57 bits per heavy atom. The standard InChI is InChI=1S/C10H19NO2S/c1-3-4-5-6-11-10(12)9-14-8-7-13-2/h3-4H,5-9H2,1-2H3,(H,11,12)/b4-3+. The SMILES string of the molecule is C/C=C/CCNC(=O)CSCCOC. The maximum Gasteiger partial charge on any atom is 0.230 e. The Bertz CT molecular complexity index is 172. The number of hydrogen-bond acceptors (Lipinski definition) is 3. The van der Waals surface area contributed by atoms with Crippen LogP contribution in [0.3, 0.4) is 0 Å². The maximum absolute atomic E-state index is 11.2. The van der Waals surface area contributed by atoms with E-state index in [1.54, 1.807) is 18.9 Å². The Labute approximate surface area is 90.3 Å². The van der Waals surface area contributed by atoms with Crippen LogP contribution in [0.2, 0.25) is 0 Å². The topological polar surface area (TPSA) is 38.3 Å². The second-order valence-corrected chi connectivity index (χ2v) is 3.86. The van der Waals surface area contributed by atoms with Crippen molar-refractivity contribution in [2.45, 2.75) is 13.3 Å². The van der Waals surface area contributed by atoms with Crippen LogP contribution in [-0.4, -0.2) is 37.7 Å². The molecule has 0 rings (SSSR count). The Morgan fingerprint density at radius 3 is 3.00 bits per heavy atom. The number of nitrogens with one attached hydrogen (secondary N) is 1. The zero-order valence-corrected chi connectivity index (χ0v) is 9.73. The van der Waals surface area contributed by atoms with E-state index in [1.807, 2.05) is 19.1 Å². The molecule has 0 spiro atoms. The van der Waals surface area contributed by atoms with Crippen LogP contribution >= 0.6 is 11.8 Å². The Balaban J connectivity index is 3.19. The summed E-state index contributed by atoms with van der Waals surface area (Å²) in [6.07, 6.45) is 4.93. The summed E-state index contributed by atoms with van der Waals surface area (Å²) < 4.78 is 4.88. The van der Waals surface area contributed by atoms with Crippen molar-refractivity contribution >= 4 is 17.7 Å². The first kappa shape index (κ1) is 13.5. The van der Waals surface area contributed by atoms with E-state index in [0.29, 0.717) is 12.4 Å². The number of hydrogen-bond donors (Lipinski definition) is 1. The highest BCUT2D eigenvalue weighted by molar-refractivity contribution is 7.99. The van der Waals surface area contributed by atoms with Crippen LogP contribution in [0.4, 0.5) is 0 Å². The summed E-state index contributed by atoms with van der Waals surface area (Å²) in [4.78, 5) is 11.2. The average molecular weight is 217 g/mol. The van der Waals surface area contributed by atoms with E-state index in [0.717, 1.165) is 18.7 Å². The van der Waals surface area contributed by atoms with Crippen molar-refractivity contribution in [1.82, 2.24) is 5.32 Å². The largest absolute Gasteiger partial charge is 0.384 e. The van der Waals surface area contributed by atoms with Crippen LogP contribution in [0, 0.1) is 0 Å². The summed E-state index contributed by atoms with van der Waals surface area (Å²) in [5.41, 5.74) is 0. The summed E-state index contributed by atoms with van der Waals surface area (Å²) in [7, 11) is 1.66. The summed E-state index contributed by atoms with van der Waals surface area (Å²) in [6, 6.07) is 0. The molecule has 0 bridgehead atoms. The van der Waals surface area contributed by atoms with Gasteiger partial charge in [0.05, 0.1) is 12.4 Å². The number of carbonyl (C=O) groups excluding carboxylic acids is 1. The van der Waals surface area contributed by atoms with Crippen LogP contribution in [0.1, 0.15) is 13.3 Å². The van der Waals surface area contributed by atoms with Crippen molar-refractivity contribution in [3.8, 4) is 0 Å². The first-order chi connectivity index (χ1) is 6.81. The molecule has 0 unspecified atom stereocenters. The molecule has 3 nitrogen and oxygen atoms in total. The molecule has 0 radical (unpaired) electrons. The summed E-state index contributed by atoms with van der Waals surface area (Å²) in [5, 5.41) is 2.84. The molecule has 0 aliphatic rings. The first-order valence-electron chi connectivity index (χ1n) is 4.75. The van der Waals surface area contributed by atoms with Gasteiger partial charge in [0.25, 0.3) is 0 Å². The molecule has 4 heteroatoms. The molecule has 0 aromatic carbocycles. The summed E-state index contributed by atoms with van der Waals surface area (Å²) in [6.45, 7) is 3.41. The zero-order chi connectivity index (χ0) is 10.6. The van der Waals surface area contributed by atoms with Gasteiger partial charge in [-0.15, -0.1) is 11.8 Å². The fraction of sp³-hybridized carbons (Fsp3) is 0.700. The zero-order valence-electron chi connectivity index (χ0n) is 8.91. The number of ether oxygens (including phenoxy) is 1. The van der Waals surface area contributed by atoms with Crippen LogP contribution in [0.25, 0.3) is 0 Å². The Kier molecular flexibility index (Phi) is 10.2. The van der Waals surface area contributed by atoms with Crippen molar-refractivity contribution in [2.75, 3.05) is 31.8 Å². The van der Waals surface area contributed by atoms with Gasteiger partial charge in [-0.25, -0.2) is 0 Å². The van der Waals surface area contributed by atoms with Crippen LogP contribution in [0.5, 0.6) is 0 Å². The molecule has 0 heterocycles. The van der Waals surface area contributed by atoms with Gasteiger partial charge in [-0.1, -0.05) is 12.2 Å². The molecular formula is C10H19NO2S. The number of thioether (sulfide) groups is 1. The van der Waals surface area contributed by atoms with Gasteiger partial charge in [0.15, 0.2) is 0 Å². The van der Waals surface area contributed by atoms with Gasteiger partial charge in [0, 0.05) is 19.4 Å². The van der Waals surface area contributed by atoms with Crippen molar-refractivity contribution < 1.29 is 9.53 Å². The fourth-order valence-corrected chi connectivity index (χ4v) is 1.54. The molecule has 14 heavy (non-hydrogen) atoms. The van der Waals surface area contributed by atoms with Gasteiger partial charge < -0.3 is 10.1 Å². The molecule has 0 fully saturated rings. The number of methoxy groups -OCH3 is 1. The van der Waals surface area contributed by atoms with Crippen LogP contribution in [-0.2, 0) is 9.53 Å². The van der Waals surface area contributed by atoms with Crippen molar-refractivity contribution in [3.63, 3.8) is 0 Å². The van der Waals surface area contributed by atoms with E-state index in [-0.39, 0.29) is 5.91 Å². The van der Waals surface area contributed by atoms with Crippen molar-refractivity contribution in [3.05, 3.63) is 12.2 Å². The van der Waals surface area contributed by atoms with E-state index in [9.17, 15) is 4.79 Å². The number of allylic oxidation sites excluding steroid dienone is 1. The average Bonchev–Trinajstić information content (AvgIpc) is 2.19. The molecule has 0 aromatic heterocycles. The molecule has 82 valence electrons. The van der Waals surface area contributed by atoms with E-state index >= 15 is 0 Å². The molecule has 0 atom stereocenters. The molecule has 0 saturated carbocycles.